The number of rotatable bonds is 2. The Morgan fingerprint density at radius 3 is 3.00 bits per heavy atom. The third kappa shape index (κ3) is 1.67. The van der Waals surface area contributed by atoms with Gasteiger partial charge in [-0.2, -0.15) is 0 Å². The molecule has 2 unspecified atom stereocenters. The van der Waals surface area contributed by atoms with Crippen molar-refractivity contribution in [2.24, 2.45) is 11.7 Å². The van der Waals surface area contributed by atoms with Crippen LogP contribution in [0.4, 0.5) is 0 Å². The minimum atomic E-state index is 0.407. The molecule has 1 aromatic rings. The van der Waals surface area contributed by atoms with E-state index in [0.29, 0.717) is 25.0 Å². The molecule has 1 aliphatic heterocycles. The molecule has 0 aromatic heterocycles. The molecule has 2 rings (SSSR count). The standard InChI is InChI=1S/C12H17NO2/c1-8-9(6-13)7-15-12-10(8)4-3-5-11(12)14-2/h3-5,8-9H,6-7,13H2,1-2H3. The van der Waals surface area contributed by atoms with Crippen molar-refractivity contribution in [3.8, 4) is 11.5 Å². The molecule has 0 bridgehead atoms. The van der Waals surface area contributed by atoms with Gasteiger partial charge >= 0.3 is 0 Å². The van der Waals surface area contributed by atoms with Crippen molar-refractivity contribution in [1.29, 1.82) is 0 Å². The number of nitrogens with two attached hydrogens (primary N) is 1. The molecule has 1 aliphatic rings. The normalized spacial score (nSPS) is 24.2. The van der Waals surface area contributed by atoms with Gasteiger partial charge in [-0.05, 0) is 18.5 Å². The van der Waals surface area contributed by atoms with Crippen LogP contribution < -0.4 is 15.2 Å². The van der Waals surface area contributed by atoms with Gasteiger partial charge in [0.1, 0.15) is 0 Å². The highest BCUT2D eigenvalue weighted by molar-refractivity contribution is 5.49. The van der Waals surface area contributed by atoms with E-state index >= 15 is 0 Å². The average Bonchev–Trinajstić information content (AvgIpc) is 2.29. The van der Waals surface area contributed by atoms with Gasteiger partial charge < -0.3 is 15.2 Å². The van der Waals surface area contributed by atoms with Crippen LogP contribution in [0.25, 0.3) is 0 Å². The van der Waals surface area contributed by atoms with Crippen LogP contribution in [0.3, 0.4) is 0 Å². The molecule has 1 aromatic carbocycles. The molecule has 3 nitrogen and oxygen atoms in total. The van der Waals surface area contributed by atoms with E-state index in [1.54, 1.807) is 7.11 Å². The van der Waals surface area contributed by atoms with Crippen molar-refractivity contribution in [2.45, 2.75) is 12.8 Å². The second-order valence-electron chi connectivity index (χ2n) is 3.97. The highest BCUT2D eigenvalue weighted by atomic mass is 16.5. The molecule has 0 amide bonds. The molecule has 0 saturated heterocycles. The Bertz CT molecular complexity index is 351. The van der Waals surface area contributed by atoms with Crippen LogP contribution in [0, 0.1) is 5.92 Å². The summed E-state index contributed by atoms with van der Waals surface area (Å²) in [7, 11) is 1.67. The average molecular weight is 207 g/mol. The minimum Gasteiger partial charge on any atom is -0.493 e. The van der Waals surface area contributed by atoms with Crippen LogP contribution in [0.1, 0.15) is 18.4 Å². The molecule has 2 atom stereocenters. The third-order valence-corrected chi connectivity index (χ3v) is 3.17. The van der Waals surface area contributed by atoms with Gasteiger partial charge in [0.15, 0.2) is 11.5 Å². The Labute approximate surface area is 90.2 Å². The number of methoxy groups -OCH3 is 1. The number of fused-ring (bicyclic) bond motifs is 1. The first-order chi connectivity index (χ1) is 7.27. The first kappa shape index (κ1) is 10.3. The Hall–Kier alpha value is -1.22. The van der Waals surface area contributed by atoms with E-state index in [1.807, 2.05) is 12.1 Å². The van der Waals surface area contributed by atoms with Crippen LogP contribution in [-0.4, -0.2) is 20.3 Å². The van der Waals surface area contributed by atoms with E-state index < -0.39 is 0 Å². The lowest BCUT2D eigenvalue weighted by Gasteiger charge is -2.31. The summed E-state index contributed by atoms with van der Waals surface area (Å²) < 4.78 is 11.0. The molecule has 15 heavy (non-hydrogen) atoms. The molecule has 0 aliphatic carbocycles. The van der Waals surface area contributed by atoms with Crippen LogP contribution in [0.2, 0.25) is 0 Å². The Morgan fingerprint density at radius 1 is 1.53 bits per heavy atom. The lowest BCUT2D eigenvalue weighted by Crippen LogP contribution is -2.30. The van der Waals surface area contributed by atoms with Gasteiger partial charge in [0, 0.05) is 11.5 Å². The number of hydrogen-bond acceptors (Lipinski definition) is 3. The smallest absolute Gasteiger partial charge is 0.164 e. The van der Waals surface area contributed by atoms with Crippen LogP contribution in [0.15, 0.2) is 18.2 Å². The van der Waals surface area contributed by atoms with Crippen molar-refractivity contribution in [3.05, 3.63) is 23.8 Å². The molecule has 82 valence electrons. The maximum Gasteiger partial charge on any atom is 0.164 e. The summed E-state index contributed by atoms with van der Waals surface area (Å²) in [6.07, 6.45) is 0. The monoisotopic (exact) mass is 207 g/mol. The molecule has 2 N–H and O–H groups in total. The predicted molar refractivity (Wildman–Crippen MR) is 59.4 cm³/mol. The molecule has 0 radical (unpaired) electrons. The number of benzene rings is 1. The lowest BCUT2D eigenvalue weighted by molar-refractivity contribution is 0.195. The maximum absolute atomic E-state index is 5.71. The van der Waals surface area contributed by atoms with Gasteiger partial charge in [0.2, 0.25) is 0 Å². The molecule has 3 heteroatoms. The van der Waals surface area contributed by atoms with E-state index in [2.05, 4.69) is 13.0 Å². The zero-order valence-electron chi connectivity index (χ0n) is 9.19. The van der Waals surface area contributed by atoms with Crippen molar-refractivity contribution < 1.29 is 9.47 Å². The van der Waals surface area contributed by atoms with Gasteiger partial charge in [-0.25, -0.2) is 0 Å². The van der Waals surface area contributed by atoms with Crippen molar-refractivity contribution >= 4 is 0 Å². The Balaban J connectivity index is 2.40. The Morgan fingerprint density at radius 2 is 2.33 bits per heavy atom. The van der Waals surface area contributed by atoms with Crippen molar-refractivity contribution in [3.63, 3.8) is 0 Å². The van der Waals surface area contributed by atoms with Gasteiger partial charge in [-0.1, -0.05) is 19.1 Å². The minimum absolute atomic E-state index is 0.407. The van der Waals surface area contributed by atoms with Gasteiger partial charge in [-0.15, -0.1) is 0 Å². The van der Waals surface area contributed by atoms with Crippen molar-refractivity contribution in [2.75, 3.05) is 20.3 Å². The molecular formula is C12H17NO2. The van der Waals surface area contributed by atoms with Crippen LogP contribution >= 0.6 is 0 Å². The SMILES string of the molecule is COc1cccc2c1OCC(CN)C2C. The largest absolute Gasteiger partial charge is 0.493 e. The Kier molecular flexibility index (Phi) is 2.82. The lowest BCUT2D eigenvalue weighted by atomic mass is 9.85. The van der Waals surface area contributed by atoms with E-state index in [4.69, 9.17) is 15.2 Å². The summed E-state index contributed by atoms with van der Waals surface area (Å²) in [6.45, 7) is 3.54. The quantitative estimate of drug-likeness (QED) is 0.803. The van der Waals surface area contributed by atoms with E-state index in [0.717, 1.165) is 11.5 Å². The molecule has 0 saturated carbocycles. The van der Waals surface area contributed by atoms with Gasteiger partial charge in [-0.3, -0.25) is 0 Å². The third-order valence-electron chi connectivity index (χ3n) is 3.17. The first-order valence-electron chi connectivity index (χ1n) is 5.27. The van der Waals surface area contributed by atoms with Gasteiger partial charge in [0.05, 0.1) is 13.7 Å². The highest BCUT2D eigenvalue weighted by Crippen LogP contribution is 2.41. The van der Waals surface area contributed by atoms with E-state index in [-0.39, 0.29) is 0 Å². The number of hydrogen-bond donors (Lipinski definition) is 1. The number of para-hydroxylation sites is 1. The fourth-order valence-corrected chi connectivity index (χ4v) is 2.07. The van der Waals surface area contributed by atoms with Crippen LogP contribution in [0.5, 0.6) is 11.5 Å². The zero-order valence-corrected chi connectivity index (χ0v) is 9.19. The first-order valence-corrected chi connectivity index (χ1v) is 5.27. The summed E-state index contributed by atoms with van der Waals surface area (Å²) in [5, 5.41) is 0. The molecular weight excluding hydrogens is 190 g/mol. The zero-order chi connectivity index (χ0) is 10.8. The second-order valence-corrected chi connectivity index (χ2v) is 3.97. The maximum atomic E-state index is 5.71. The van der Waals surface area contributed by atoms with Gasteiger partial charge in [0.25, 0.3) is 0 Å². The molecule has 1 heterocycles. The second kappa shape index (κ2) is 4.11. The summed E-state index contributed by atoms with van der Waals surface area (Å²) >= 11 is 0. The van der Waals surface area contributed by atoms with Crippen LogP contribution in [-0.2, 0) is 0 Å². The molecule has 0 spiro atoms. The van der Waals surface area contributed by atoms with E-state index in [9.17, 15) is 0 Å². The summed E-state index contributed by atoms with van der Waals surface area (Å²) in [4.78, 5) is 0. The summed E-state index contributed by atoms with van der Waals surface area (Å²) in [5.41, 5.74) is 6.91. The number of ether oxygens (including phenoxy) is 2. The van der Waals surface area contributed by atoms with E-state index in [1.165, 1.54) is 5.56 Å². The fourth-order valence-electron chi connectivity index (χ4n) is 2.07. The summed E-state index contributed by atoms with van der Waals surface area (Å²) in [5.74, 6) is 2.55. The highest BCUT2D eigenvalue weighted by Gasteiger charge is 2.28. The molecule has 0 fully saturated rings. The predicted octanol–water partition coefficient (Wildman–Crippen LogP) is 1.77. The fraction of sp³-hybridized carbons (Fsp3) is 0.500. The summed E-state index contributed by atoms with van der Waals surface area (Å²) in [6, 6.07) is 6.01. The van der Waals surface area contributed by atoms with Crippen molar-refractivity contribution in [1.82, 2.24) is 0 Å². The topological polar surface area (TPSA) is 44.5 Å².